The topological polar surface area (TPSA) is 12.9 Å². The van der Waals surface area contributed by atoms with Crippen LogP contribution in [0.25, 0.3) is 53.7 Å². The maximum absolute atomic E-state index is 4.97. The van der Waals surface area contributed by atoms with Gasteiger partial charge in [0, 0.05) is 22.1 Å². The molecule has 0 atom stereocenters. The second kappa shape index (κ2) is 8.37. The zero-order valence-corrected chi connectivity index (χ0v) is 24.3. The van der Waals surface area contributed by atoms with Crippen LogP contribution in [-0.4, -0.2) is 4.98 Å². The van der Waals surface area contributed by atoms with Crippen molar-refractivity contribution in [3.8, 4) is 32.8 Å². The highest BCUT2D eigenvalue weighted by atomic mass is 32.1. The Morgan fingerprint density at radius 1 is 0.718 bits per heavy atom. The fraction of sp³-hybridized carbons (Fsp3) is 0.216. The second-order valence-electron chi connectivity index (χ2n) is 12.5. The Morgan fingerprint density at radius 3 is 2.28 bits per heavy atom. The lowest BCUT2D eigenvalue weighted by atomic mass is 9.82. The van der Waals surface area contributed by atoms with Crippen molar-refractivity contribution in [2.24, 2.45) is 0 Å². The van der Waals surface area contributed by atoms with Crippen LogP contribution >= 0.6 is 11.3 Å². The van der Waals surface area contributed by atoms with E-state index in [1.54, 1.807) is 0 Å². The number of rotatable bonds is 2. The zero-order chi connectivity index (χ0) is 27.1. The summed E-state index contributed by atoms with van der Waals surface area (Å²) in [6, 6.07) is 31.6. The highest BCUT2D eigenvalue weighted by molar-refractivity contribution is 7.23. The van der Waals surface area contributed by atoms with Gasteiger partial charge in [-0.05, 0) is 91.7 Å². The number of benzene rings is 4. The molecule has 0 bridgehead atoms. The van der Waals surface area contributed by atoms with Crippen molar-refractivity contribution in [3.63, 3.8) is 0 Å². The minimum Gasteiger partial charge on any atom is -0.255 e. The van der Waals surface area contributed by atoms with E-state index in [-0.39, 0.29) is 10.8 Å². The van der Waals surface area contributed by atoms with Crippen LogP contribution in [0.2, 0.25) is 0 Å². The minimum absolute atomic E-state index is 0.00626. The first-order chi connectivity index (χ1) is 18.6. The Hall–Kier alpha value is -3.75. The summed E-state index contributed by atoms with van der Waals surface area (Å²) in [6.45, 7) is 13.9. The standard InChI is InChI=1S/C37H33NS/c1-22-26-17-18-38-33(25-19-23-11-7-8-12-27(23)31(21-25)36(2,3)4)35(26)39-34(22)24-15-16-29-28-13-9-10-14-30(28)37(5,6)32(29)20-24/h7-21H,1-6H3. The molecule has 2 heteroatoms. The molecule has 1 aliphatic carbocycles. The quantitative estimate of drug-likeness (QED) is 0.220. The molecule has 0 fully saturated rings. The number of pyridine rings is 1. The second-order valence-corrected chi connectivity index (χ2v) is 13.5. The summed E-state index contributed by atoms with van der Waals surface area (Å²) in [5, 5.41) is 3.90. The van der Waals surface area contributed by atoms with Gasteiger partial charge < -0.3 is 0 Å². The molecule has 39 heavy (non-hydrogen) atoms. The van der Waals surface area contributed by atoms with Gasteiger partial charge in [-0.25, -0.2) is 0 Å². The van der Waals surface area contributed by atoms with Crippen LogP contribution in [0, 0.1) is 6.92 Å². The largest absolute Gasteiger partial charge is 0.255 e. The van der Waals surface area contributed by atoms with E-state index < -0.39 is 0 Å². The van der Waals surface area contributed by atoms with Gasteiger partial charge in [-0.2, -0.15) is 0 Å². The highest BCUT2D eigenvalue weighted by Crippen LogP contribution is 2.51. The van der Waals surface area contributed by atoms with Gasteiger partial charge in [-0.1, -0.05) is 95.3 Å². The normalized spacial score (nSPS) is 14.1. The summed E-state index contributed by atoms with van der Waals surface area (Å²) in [7, 11) is 0. The fourth-order valence-electron chi connectivity index (χ4n) is 6.54. The smallest absolute Gasteiger partial charge is 0.0880 e. The Labute approximate surface area is 235 Å². The number of hydrogen-bond donors (Lipinski definition) is 0. The number of nitrogens with zero attached hydrogens (tertiary/aromatic N) is 1. The Morgan fingerprint density at radius 2 is 1.46 bits per heavy atom. The molecule has 0 unspecified atom stereocenters. The lowest BCUT2D eigenvalue weighted by Gasteiger charge is -2.22. The van der Waals surface area contributed by atoms with Crippen molar-refractivity contribution in [3.05, 3.63) is 113 Å². The predicted molar refractivity (Wildman–Crippen MR) is 169 cm³/mol. The first-order valence-corrected chi connectivity index (χ1v) is 14.6. The number of thiophene rings is 1. The number of fused-ring (bicyclic) bond motifs is 5. The average molecular weight is 524 g/mol. The first-order valence-electron chi connectivity index (χ1n) is 13.8. The molecule has 0 N–H and O–H groups in total. The first kappa shape index (κ1) is 24.3. The molecule has 0 amide bonds. The molecule has 6 aromatic rings. The third kappa shape index (κ3) is 3.62. The summed E-state index contributed by atoms with van der Waals surface area (Å²) < 4.78 is 1.27. The maximum atomic E-state index is 4.97. The van der Waals surface area contributed by atoms with Crippen LogP contribution in [0.4, 0.5) is 0 Å². The summed E-state index contributed by atoms with van der Waals surface area (Å²) in [6.07, 6.45) is 1.98. The predicted octanol–water partition coefficient (Wildman–Crippen LogP) is 10.7. The zero-order valence-electron chi connectivity index (χ0n) is 23.5. The van der Waals surface area contributed by atoms with Crippen molar-refractivity contribution in [1.29, 1.82) is 0 Å². The van der Waals surface area contributed by atoms with E-state index in [0.717, 1.165) is 5.69 Å². The van der Waals surface area contributed by atoms with Crippen molar-refractivity contribution < 1.29 is 0 Å². The maximum Gasteiger partial charge on any atom is 0.0880 e. The van der Waals surface area contributed by atoms with Crippen LogP contribution in [-0.2, 0) is 10.8 Å². The molecule has 0 saturated heterocycles. The van der Waals surface area contributed by atoms with E-state index >= 15 is 0 Å². The summed E-state index contributed by atoms with van der Waals surface area (Å²) in [4.78, 5) is 6.31. The minimum atomic E-state index is -0.00626. The lowest BCUT2D eigenvalue weighted by Crippen LogP contribution is -2.14. The van der Waals surface area contributed by atoms with E-state index in [4.69, 9.17) is 4.98 Å². The molecule has 1 aliphatic rings. The van der Waals surface area contributed by atoms with Gasteiger partial charge in [0.25, 0.3) is 0 Å². The molecular formula is C37H33NS. The van der Waals surface area contributed by atoms with Gasteiger partial charge in [0.2, 0.25) is 0 Å². The third-order valence-electron chi connectivity index (χ3n) is 8.64. The highest BCUT2D eigenvalue weighted by Gasteiger charge is 2.35. The van der Waals surface area contributed by atoms with Gasteiger partial charge in [-0.15, -0.1) is 11.3 Å². The van der Waals surface area contributed by atoms with E-state index in [2.05, 4.69) is 126 Å². The molecule has 2 heterocycles. The number of aryl methyl sites for hydroxylation is 1. The van der Waals surface area contributed by atoms with E-state index in [9.17, 15) is 0 Å². The molecule has 0 saturated carbocycles. The molecule has 4 aromatic carbocycles. The SMILES string of the molecule is Cc1c(-c2ccc3c(c2)C(C)(C)c2ccccc2-3)sc2c(-c3cc(C(C)(C)C)c4ccccc4c3)nccc12. The molecule has 1 nitrogen and oxygen atoms in total. The van der Waals surface area contributed by atoms with Gasteiger partial charge in [0.15, 0.2) is 0 Å². The molecule has 0 aliphatic heterocycles. The van der Waals surface area contributed by atoms with E-state index in [1.807, 2.05) is 17.5 Å². The molecule has 192 valence electrons. The number of aromatic nitrogens is 1. The summed E-state index contributed by atoms with van der Waals surface area (Å²) >= 11 is 1.88. The van der Waals surface area contributed by atoms with Crippen LogP contribution in [0.1, 0.15) is 56.9 Å². The van der Waals surface area contributed by atoms with Crippen molar-refractivity contribution in [2.45, 2.75) is 52.4 Å². The van der Waals surface area contributed by atoms with Gasteiger partial charge in [-0.3, -0.25) is 4.98 Å². The monoisotopic (exact) mass is 523 g/mol. The summed E-state index contributed by atoms with van der Waals surface area (Å²) in [5.74, 6) is 0. The van der Waals surface area contributed by atoms with Gasteiger partial charge in [0.05, 0.1) is 10.4 Å². The van der Waals surface area contributed by atoms with Crippen LogP contribution in [0.3, 0.4) is 0 Å². The molecule has 2 aromatic heterocycles. The summed E-state index contributed by atoms with van der Waals surface area (Å²) in [5.41, 5.74) is 11.9. The Bertz CT molecular complexity index is 1930. The van der Waals surface area contributed by atoms with Crippen LogP contribution in [0.15, 0.2) is 91.1 Å². The van der Waals surface area contributed by atoms with E-state index in [1.165, 1.54) is 70.2 Å². The Kier molecular flexibility index (Phi) is 5.22. The van der Waals surface area contributed by atoms with Gasteiger partial charge >= 0.3 is 0 Å². The van der Waals surface area contributed by atoms with Crippen molar-refractivity contribution in [2.75, 3.05) is 0 Å². The molecule has 0 radical (unpaired) electrons. The Balaban J connectivity index is 1.42. The molecular weight excluding hydrogens is 490 g/mol. The van der Waals surface area contributed by atoms with E-state index in [0.29, 0.717) is 0 Å². The average Bonchev–Trinajstić information content (AvgIpc) is 3.38. The van der Waals surface area contributed by atoms with Crippen LogP contribution in [0.5, 0.6) is 0 Å². The number of hydrogen-bond acceptors (Lipinski definition) is 2. The molecule has 7 rings (SSSR count). The molecule has 0 spiro atoms. The van der Waals surface area contributed by atoms with Crippen molar-refractivity contribution >= 4 is 32.2 Å². The van der Waals surface area contributed by atoms with Crippen LogP contribution < -0.4 is 0 Å². The van der Waals surface area contributed by atoms with Gasteiger partial charge in [0.1, 0.15) is 0 Å². The lowest BCUT2D eigenvalue weighted by molar-refractivity contribution is 0.596. The fourth-order valence-corrected chi connectivity index (χ4v) is 7.85. The van der Waals surface area contributed by atoms with Crippen molar-refractivity contribution in [1.82, 2.24) is 4.98 Å². The third-order valence-corrected chi connectivity index (χ3v) is 10.0.